The minimum absolute atomic E-state index is 0.0313. The van der Waals surface area contributed by atoms with Crippen LogP contribution in [0.4, 0.5) is 0 Å². The molecule has 1 aliphatic rings. The number of piperidine rings is 1. The highest BCUT2D eigenvalue weighted by atomic mass is 32.2. The number of sulfonamides is 1. The van der Waals surface area contributed by atoms with Gasteiger partial charge >= 0.3 is 0 Å². The average Bonchev–Trinajstić information content (AvgIpc) is 2.38. The molecule has 1 saturated heterocycles. The molecule has 0 amide bonds. The van der Waals surface area contributed by atoms with Crippen molar-refractivity contribution in [2.45, 2.75) is 50.5 Å². The van der Waals surface area contributed by atoms with E-state index in [0.717, 1.165) is 30.4 Å². The van der Waals surface area contributed by atoms with E-state index in [1.54, 1.807) is 16.4 Å². The van der Waals surface area contributed by atoms with Crippen LogP contribution in [-0.4, -0.2) is 37.0 Å². The Kier molecular flexibility index (Phi) is 4.83. The zero-order chi connectivity index (χ0) is 14.8. The van der Waals surface area contributed by atoms with Gasteiger partial charge in [-0.1, -0.05) is 12.5 Å². The van der Waals surface area contributed by atoms with Crippen LogP contribution in [0.2, 0.25) is 0 Å². The summed E-state index contributed by atoms with van der Waals surface area (Å²) in [5.74, 6) is 0. The summed E-state index contributed by atoms with van der Waals surface area (Å²) < 4.78 is 27.2. The van der Waals surface area contributed by atoms with Gasteiger partial charge in [-0.25, -0.2) is 8.42 Å². The van der Waals surface area contributed by atoms with E-state index >= 15 is 0 Å². The van der Waals surface area contributed by atoms with Gasteiger partial charge in [0.25, 0.3) is 0 Å². The second kappa shape index (κ2) is 6.24. The van der Waals surface area contributed by atoms with E-state index in [2.05, 4.69) is 0 Å². The molecule has 5 heteroatoms. The van der Waals surface area contributed by atoms with Crippen LogP contribution < -0.4 is 0 Å². The van der Waals surface area contributed by atoms with Gasteiger partial charge in [-0.2, -0.15) is 4.31 Å². The largest absolute Gasteiger partial charge is 0.396 e. The van der Waals surface area contributed by atoms with Crippen LogP contribution in [-0.2, 0) is 10.0 Å². The maximum atomic E-state index is 12.8. The third-order valence-electron chi connectivity index (χ3n) is 3.84. The zero-order valence-electron chi connectivity index (χ0n) is 12.2. The fraction of sp³-hybridized carbons (Fsp3) is 0.600. The molecule has 1 aromatic carbocycles. The van der Waals surface area contributed by atoms with Gasteiger partial charge in [0.1, 0.15) is 0 Å². The number of hydrogen-bond donors (Lipinski definition) is 1. The van der Waals surface area contributed by atoms with Crippen molar-refractivity contribution in [3.8, 4) is 0 Å². The Bertz CT molecular complexity index is 546. The Balaban J connectivity index is 2.36. The number of aliphatic hydroxyl groups excluding tert-OH is 1. The Hall–Kier alpha value is -0.910. The first-order chi connectivity index (χ1) is 9.45. The van der Waals surface area contributed by atoms with Crippen molar-refractivity contribution in [1.29, 1.82) is 0 Å². The van der Waals surface area contributed by atoms with E-state index in [1.807, 2.05) is 19.9 Å². The molecular formula is C15H23NO3S. The van der Waals surface area contributed by atoms with Crippen LogP contribution in [0, 0.1) is 13.8 Å². The Morgan fingerprint density at radius 3 is 2.45 bits per heavy atom. The minimum atomic E-state index is -3.46. The standard InChI is InChI=1S/C15H23NO3S/c1-12-9-13(2)11-15(10-12)20(18,19)16-7-4-3-5-14(16)6-8-17/h9-11,14,17H,3-8H2,1-2H3. The quantitative estimate of drug-likeness (QED) is 0.927. The summed E-state index contributed by atoms with van der Waals surface area (Å²) in [5.41, 5.74) is 1.92. The molecule has 0 aliphatic carbocycles. The molecule has 0 spiro atoms. The predicted molar refractivity (Wildman–Crippen MR) is 79.1 cm³/mol. The molecule has 20 heavy (non-hydrogen) atoms. The molecular weight excluding hydrogens is 274 g/mol. The second-order valence-corrected chi connectivity index (χ2v) is 7.49. The average molecular weight is 297 g/mol. The third kappa shape index (κ3) is 3.22. The lowest BCUT2D eigenvalue weighted by molar-refractivity contribution is 0.192. The number of nitrogens with zero attached hydrogens (tertiary/aromatic N) is 1. The Morgan fingerprint density at radius 2 is 1.85 bits per heavy atom. The molecule has 1 heterocycles. The van der Waals surface area contributed by atoms with Crippen molar-refractivity contribution < 1.29 is 13.5 Å². The summed E-state index contributed by atoms with van der Waals surface area (Å²) in [4.78, 5) is 0.375. The highest BCUT2D eigenvalue weighted by Crippen LogP contribution is 2.27. The lowest BCUT2D eigenvalue weighted by Gasteiger charge is -2.34. The van der Waals surface area contributed by atoms with Gasteiger partial charge < -0.3 is 5.11 Å². The van der Waals surface area contributed by atoms with Gasteiger partial charge in [-0.15, -0.1) is 0 Å². The summed E-state index contributed by atoms with van der Waals surface area (Å²) in [6.45, 7) is 4.41. The molecule has 1 aromatic rings. The van der Waals surface area contributed by atoms with Gasteiger partial charge in [0.2, 0.25) is 10.0 Å². The summed E-state index contributed by atoms with van der Waals surface area (Å²) in [5, 5.41) is 9.14. The monoisotopic (exact) mass is 297 g/mol. The van der Waals surface area contributed by atoms with Gasteiger partial charge in [0, 0.05) is 19.2 Å². The normalized spacial score (nSPS) is 21.1. The molecule has 1 unspecified atom stereocenters. The first-order valence-electron chi connectivity index (χ1n) is 7.16. The molecule has 4 nitrogen and oxygen atoms in total. The number of rotatable bonds is 4. The lowest BCUT2D eigenvalue weighted by Crippen LogP contribution is -2.44. The predicted octanol–water partition coefficient (Wildman–Crippen LogP) is 2.23. The van der Waals surface area contributed by atoms with Crippen molar-refractivity contribution in [2.75, 3.05) is 13.2 Å². The lowest BCUT2D eigenvalue weighted by atomic mass is 10.0. The summed E-state index contributed by atoms with van der Waals surface area (Å²) in [6, 6.07) is 5.36. The van der Waals surface area contributed by atoms with E-state index in [4.69, 9.17) is 5.11 Å². The molecule has 1 aliphatic heterocycles. The van der Waals surface area contributed by atoms with E-state index in [1.165, 1.54) is 0 Å². The maximum Gasteiger partial charge on any atom is 0.243 e. The topological polar surface area (TPSA) is 57.6 Å². The summed E-state index contributed by atoms with van der Waals surface area (Å²) in [7, 11) is -3.46. The SMILES string of the molecule is Cc1cc(C)cc(S(=O)(=O)N2CCCCC2CCO)c1. The first kappa shape index (κ1) is 15.5. The summed E-state index contributed by atoms with van der Waals surface area (Å²) >= 11 is 0. The van der Waals surface area contributed by atoms with Crippen LogP contribution in [0.3, 0.4) is 0 Å². The molecule has 1 N–H and O–H groups in total. The number of benzene rings is 1. The van der Waals surface area contributed by atoms with Crippen LogP contribution in [0.15, 0.2) is 23.1 Å². The molecule has 0 saturated carbocycles. The zero-order valence-corrected chi connectivity index (χ0v) is 13.0. The van der Waals surface area contributed by atoms with E-state index in [9.17, 15) is 8.42 Å². The van der Waals surface area contributed by atoms with Crippen LogP contribution >= 0.6 is 0 Å². The highest BCUT2D eigenvalue weighted by Gasteiger charge is 2.33. The van der Waals surface area contributed by atoms with Crippen molar-refractivity contribution >= 4 is 10.0 Å². The van der Waals surface area contributed by atoms with Crippen molar-refractivity contribution in [2.24, 2.45) is 0 Å². The van der Waals surface area contributed by atoms with Gasteiger partial charge in [-0.05, 0) is 56.4 Å². The van der Waals surface area contributed by atoms with E-state index in [-0.39, 0.29) is 12.6 Å². The number of hydrogen-bond acceptors (Lipinski definition) is 3. The third-order valence-corrected chi connectivity index (χ3v) is 5.77. The molecule has 2 rings (SSSR count). The van der Waals surface area contributed by atoms with Crippen LogP contribution in [0.25, 0.3) is 0 Å². The summed E-state index contributed by atoms with van der Waals surface area (Å²) in [6.07, 6.45) is 3.28. The molecule has 1 atom stereocenters. The van der Waals surface area contributed by atoms with E-state index < -0.39 is 10.0 Å². The van der Waals surface area contributed by atoms with Crippen molar-refractivity contribution in [1.82, 2.24) is 4.31 Å². The highest BCUT2D eigenvalue weighted by molar-refractivity contribution is 7.89. The Morgan fingerprint density at radius 1 is 1.20 bits per heavy atom. The second-order valence-electron chi connectivity index (χ2n) is 5.60. The molecule has 1 fully saturated rings. The fourth-order valence-corrected chi connectivity index (χ4v) is 4.86. The maximum absolute atomic E-state index is 12.8. The molecule has 0 bridgehead atoms. The smallest absolute Gasteiger partial charge is 0.243 e. The van der Waals surface area contributed by atoms with Gasteiger partial charge in [-0.3, -0.25) is 0 Å². The van der Waals surface area contributed by atoms with Gasteiger partial charge in [0.15, 0.2) is 0 Å². The van der Waals surface area contributed by atoms with Crippen molar-refractivity contribution in [3.05, 3.63) is 29.3 Å². The molecule has 112 valence electrons. The van der Waals surface area contributed by atoms with Crippen LogP contribution in [0.1, 0.15) is 36.8 Å². The number of aryl methyl sites for hydroxylation is 2. The fourth-order valence-electron chi connectivity index (χ4n) is 2.95. The first-order valence-corrected chi connectivity index (χ1v) is 8.60. The Labute approximate surface area is 121 Å². The van der Waals surface area contributed by atoms with E-state index in [0.29, 0.717) is 17.9 Å². The minimum Gasteiger partial charge on any atom is -0.396 e. The van der Waals surface area contributed by atoms with Gasteiger partial charge in [0.05, 0.1) is 4.90 Å². The number of aliphatic hydroxyl groups is 1. The molecule has 0 radical (unpaired) electrons. The molecule has 0 aromatic heterocycles. The van der Waals surface area contributed by atoms with Crippen LogP contribution in [0.5, 0.6) is 0 Å². The van der Waals surface area contributed by atoms with Crippen molar-refractivity contribution in [3.63, 3.8) is 0 Å².